The zero-order valence-corrected chi connectivity index (χ0v) is 33.1. The Bertz CT molecular complexity index is 1320. The summed E-state index contributed by atoms with van der Waals surface area (Å²) in [7, 11) is 3.85. The number of nitrogens with zero attached hydrogens (tertiary/aromatic N) is 2. The lowest BCUT2D eigenvalue weighted by Gasteiger charge is -2.48. The standard InChI is InChI=1S/C41H66N2O9/c1-11-33-41(8,47)37-30(6)43(20-19-31-17-13-12-14-18-31)25-26(2)24-40(7,49-22-16-15-21-48-37)36(28(4)34(44)29(5)38(46)51-33)52-39-35(45)32(42(9)10)23-27(3)50-39/h12-20,26-30,32-37,39,44-45,47H,11,21-25H2,1-10H3/b16-15-,20-19+/t26-,27-,28+,29?,30-,32+,33-,34?,35-,36-,37+,39+,40-,41-/m1/s1. The Kier molecular flexibility index (Phi) is 14.9. The molecule has 4 rings (SSSR count). The van der Waals surface area contributed by atoms with Crippen LogP contribution >= 0.6 is 0 Å². The van der Waals surface area contributed by atoms with Crippen LogP contribution in [0, 0.1) is 17.8 Å². The SMILES string of the molecule is CC[C@H]1OC(=O)C(C)C(O)[C@H](C)[C@@H](O[C@@H]2O[C@H](C)C[C@H](N(C)C)[C@H]2O)[C@@]2(C)C[C@@H](C)CN(/C=C/c3ccccc3)[C@H](C)[C@H](OC/C=C\CO2)[C@]1(C)O. The number of likely N-dealkylation sites (N-methyl/N-ethyl adjacent to an activating group) is 1. The number of carbonyl (C=O) groups excluding carboxylic acids is 1. The lowest BCUT2D eigenvalue weighted by Crippen LogP contribution is -2.60. The highest BCUT2D eigenvalue weighted by molar-refractivity contribution is 5.73. The van der Waals surface area contributed by atoms with E-state index in [1.54, 1.807) is 13.8 Å². The average Bonchev–Trinajstić information content (AvgIpc) is 3.10. The lowest BCUT2D eigenvalue weighted by molar-refractivity contribution is -0.303. The molecule has 52 heavy (non-hydrogen) atoms. The first kappa shape index (κ1) is 42.4. The Morgan fingerprint density at radius 3 is 2.35 bits per heavy atom. The molecule has 3 aliphatic heterocycles. The van der Waals surface area contributed by atoms with Crippen LogP contribution in [0.15, 0.2) is 48.7 Å². The first-order valence-corrected chi connectivity index (χ1v) is 19.2. The average molecular weight is 731 g/mol. The fourth-order valence-corrected chi connectivity index (χ4v) is 8.43. The van der Waals surface area contributed by atoms with E-state index >= 15 is 0 Å². The molecule has 1 aromatic carbocycles. The molecule has 2 bridgehead atoms. The quantitative estimate of drug-likeness (QED) is 0.280. The molecule has 0 spiro atoms. The lowest BCUT2D eigenvalue weighted by atomic mass is 9.77. The van der Waals surface area contributed by atoms with Crippen molar-refractivity contribution in [1.29, 1.82) is 0 Å². The molecule has 0 saturated carbocycles. The molecule has 2 saturated heterocycles. The van der Waals surface area contributed by atoms with Crippen molar-refractivity contribution in [2.75, 3.05) is 33.9 Å². The van der Waals surface area contributed by atoms with Gasteiger partial charge in [0.15, 0.2) is 6.29 Å². The van der Waals surface area contributed by atoms with Crippen LogP contribution in [0.5, 0.6) is 0 Å². The molecule has 2 fully saturated rings. The summed E-state index contributed by atoms with van der Waals surface area (Å²) >= 11 is 0. The molecule has 0 aliphatic carbocycles. The highest BCUT2D eigenvalue weighted by atomic mass is 16.7. The van der Waals surface area contributed by atoms with Gasteiger partial charge in [-0.25, -0.2) is 0 Å². The van der Waals surface area contributed by atoms with E-state index in [1.165, 1.54) is 0 Å². The van der Waals surface area contributed by atoms with Gasteiger partial charge in [0.05, 0.1) is 49.1 Å². The van der Waals surface area contributed by atoms with Crippen molar-refractivity contribution in [3.63, 3.8) is 0 Å². The number of aliphatic hydroxyl groups is 3. The van der Waals surface area contributed by atoms with Crippen molar-refractivity contribution < 1.29 is 43.8 Å². The Balaban J connectivity index is 1.87. The van der Waals surface area contributed by atoms with Gasteiger partial charge in [0.2, 0.25) is 0 Å². The van der Waals surface area contributed by atoms with Gasteiger partial charge in [0.1, 0.15) is 23.9 Å². The van der Waals surface area contributed by atoms with Gasteiger partial charge < -0.3 is 48.8 Å². The second-order valence-electron chi connectivity index (χ2n) is 16.1. The maximum atomic E-state index is 13.9. The molecule has 3 aliphatic rings. The monoisotopic (exact) mass is 730 g/mol. The van der Waals surface area contributed by atoms with Crippen molar-refractivity contribution in [2.24, 2.45) is 17.8 Å². The van der Waals surface area contributed by atoms with Crippen molar-refractivity contribution in [3.8, 4) is 0 Å². The predicted octanol–water partition coefficient (Wildman–Crippen LogP) is 4.64. The van der Waals surface area contributed by atoms with Crippen LogP contribution in [0.25, 0.3) is 6.08 Å². The van der Waals surface area contributed by atoms with Gasteiger partial charge >= 0.3 is 5.97 Å². The topological polar surface area (TPSA) is 130 Å². The molecule has 3 N–H and O–H groups in total. The van der Waals surface area contributed by atoms with E-state index in [0.29, 0.717) is 25.8 Å². The van der Waals surface area contributed by atoms with Crippen molar-refractivity contribution in [1.82, 2.24) is 9.80 Å². The first-order valence-electron chi connectivity index (χ1n) is 19.2. The van der Waals surface area contributed by atoms with Crippen molar-refractivity contribution >= 4 is 12.0 Å². The van der Waals surface area contributed by atoms with Crippen LogP contribution in [0.1, 0.15) is 80.2 Å². The molecule has 11 heteroatoms. The van der Waals surface area contributed by atoms with Crippen LogP contribution in [-0.2, 0) is 28.5 Å². The molecular formula is C41H66N2O9. The van der Waals surface area contributed by atoms with Crippen molar-refractivity contribution in [3.05, 3.63) is 54.2 Å². The van der Waals surface area contributed by atoms with E-state index < -0.39 is 65.8 Å². The molecule has 11 nitrogen and oxygen atoms in total. The smallest absolute Gasteiger partial charge is 0.311 e. The van der Waals surface area contributed by atoms with Gasteiger partial charge in [0, 0.05) is 18.5 Å². The van der Waals surface area contributed by atoms with Gasteiger partial charge in [0.25, 0.3) is 0 Å². The van der Waals surface area contributed by atoms with E-state index in [9.17, 15) is 20.1 Å². The highest BCUT2D eigenvalue weighted by Crippen LogP contribution is 2.39. The number of benzene rings is 1. The summed E-state index contributed by atoms with van der Waals surface area (Å²) in [6, 6.07) is 9.46. The minimum Gasteiger partial charge on any atom is -0.459 e. The van der Waals surface area contributed by atoms with Crippen LogP contribution in [0.3, 0.4) is 0 Å². The number of fused-ring (bicyclic) bond motifs is 6. The zero-order valence-electron chi connectivity index (χ0n) is 33.1. The Labute approximate surface area is 311 Å². The van der Waals surface area contributed by atoms with Crippen LogP contribution in [0.4, 0.5) is 0 Å². The number of cyclic esters (lactones) is 1. The van der Waals surface area contributed by atoms with E-state index in [4.69, 9.17) is 23.7 Å². The summed E-state index contributed by atoms with van der Waals surface area (Å²) in [6.45, 7) is 16.1. The van der Waals surface area contributed by atoms with Crippen LogP contribution in [0.2, 0.25) is 0 Å². The second-order valence-corrected chi connectivity index (χ2v) is 16.1. The van der Waals surface area contributed by atoms with E-state index in [1.807, 2.05) is 108 Å². The second kappa shape index (κ2) is 18.3. The molecule has 14 atom stereocenters. The summed E-state index contributed by atoms with van der Waals surface area (Å²) in [5.41, 5.74) is -1.59. The normalized spacial score (nSPS) is 42.4. The summed E-state index contributed by atoms with van der Waals surface area (Å²) < 4.78 is 32.5. The number of aliphatic hydroxyl groups excluding tert-OH is 2. The third-order valence-electron chi connectivity index (χ3n) is 11.5. The fraction of sp³-hybridized carbons (Fsp3) is 0.732. The predicted molar refractivity (Wildman–Crippen MR) is 201 cm³/mol. The Hall–Kier alpha value is -2.35. The van der Waals surface area contributed by atoms with Crippen LogP contribution < -0.4 is 0 Å². The molecule has 0 radical (unpaired) electrons. The minimum atomic E-state index is -1.60. The largest absolute Gasteiger partial charge is 0.459 e. The third kappa shape index (κ3) is 10.0. The summed E-state index contributed by atoms with van der Waals surface area (Å²) in [5.74, 6) is -2.28. The van der Waals surface area contributed by atoms with Crippen molar-refractivity contribution in [2.45, 2.75) is 141 Å². The van der Waals surface area contributed by atoms with E-state index in [2.05, 4.69) is 11.8 Å². The summed E-state index contributed by atoms with van der Waals surface area (Å²) in [6.07, 6.45) is 3.41. The molecule has 3 heterocycles. The van der Waals surface area contributed by atoms with E-state index in [0.717, 1.165) is 5.56 Å². The van der Waals surface area contributed by atoms with Gasteiger partial charge in [-0.3, -0.25) is 4.79 Å². The maximum absolute atomic E-state index is 13.9. The molecule has 2 unspecified atom stereocenters. The summed E-state index contributed by atoms with van der Waals surface area (Å²) in [4.78, 5) is 18.0. The number of esters is 1. The number of ether oxygens (including phenoxy) is 5. The van der Waals surface area contributed by atoms with Gasteiger partial charge in [-0.2, -0.15) is 0 Å². The summed E-state index contributed by atoms with van der Waals surface area (Å²) in [5, 5.41) is 35.9. The maximum Gasteiger partial charge on any atom is 0.311 e. The molecule has 294 valence electrons. The number of hydrogen-bond donors (Lipinski definition) is 3. The van der Waals surface area contributed by atoms with E-state index in [-0.39, 0.29) is 37.3 Å². The number of rotatable bonds is 6. The Morgan fingerprint density at radius 2 is 1.69 bits per heavy atom. The minimum absolute atomic E-state index is 0.00769. The van der Waals surface area contributed by atoms with Crippen LogP contribution in [-0.4, -0.2) is 131 Å². The molecule has 0 aromatic heterocycles. The first-order chi connectivity index (χ1) is 24.5. The number of hydrogen-bond acceptors (Lipinski definition) is 11. The molecular weight excluding hydrogens is 664 g/mol. The third-order valence-corrected chi connectivity index (χ3v) is 11.5. The Morgan fingerprint density at radius 1 is 1.02 bits per heavy atom. The van der Waals surface area contributed by atoms with Gasteiger partial charge in [-0.05, 0) is 91.7 Å². The molecule has 1 aromatic rings. The zero-order chi connectivity index (χ0) is 38.4. The number of carbonyl (C=O) groups is 1. The molecule has 0 amide bonds. The van der Waals surface area contributed by atoms with Gasteiger partial charge in [-0.15, -0.1) is 0 Å². The highest BCUT2D eigenvalue weighted by Gasteiger charge is 2.51. The fourth-order valence-electron chi connectivity index (χ4n) is 8.43. The van der Waals surface area contributed by atoms with Gasteiger partial charge in [-0.1, -0.05) is 63.3 Å².